The Hall–Kier alpha value is -2.63. The zero-order chi connectivity index (χ0) is 19.8. The van der Waals surface area contributed by atoms with E-state index in [2.05, 4.69) is 118 Å². The van der Waals surface area contributed by atoms with Crippen LogP contribution in [0.15, 0.2) is 95.4 Å². The minimum atomic E-state index is -2.98. The van der Waals surface area contributed by atoms with E-state index >= 15 is 0 Å². The Labute approximate surface area is 168 Å². The average Bonchev–Trinajstić information content (AvgIpc) is 3.01. The third-order valence-corrected chi connectivity index (χ3v) is 12.8. The summed E-state index contributed by atoms with van der Waals surface area (Å²) in [5, 5.41) is 5.43. The Morgan fingerprint density at radius 3 is 1.18 bits per heavy atom. The van der Waals surface area contributed by atoms with Gasteiger partial charge in [-0.05, 0) is 0 Å². The fraction of sp³-hybridized carbons (Fsp3) is 0.154. The first-order valence-electron chi connectivity index (χ1n) is 9.73. The third kappa shape index (κ3) is 2.43. The number of benzene rings is 3. The summed E-state index contributed by atoms with van der Waals surface area (Å²) in [5.41, 5.74) is 1.26. The molecule has 0 saturated carbocycles. The molecule has 1 aromatic heterocycles. The zero-order valence-electron chi connectivity index (χ0n) is 17.0. The molecule has 0 aliphatic rings. The average molecular weight is 386 g/mol. The molecule has 2 heteroatoms. The van der Waals surface area contributed by atoms with Crippen molar-refractivity contribution in [2.24, 2.45) is 0 Å². The van der Waals surface area contributed by atoms with E-state index in [9.17, 15) is 0 Å². The number of hydrogen-bond acceptors (Lipinski definition) is 1. The van der Waals surface area contributed by atoms with Gasteiger partial charge < -0.3 is 0 Å². The molecule has 0 atom stereocenters. The molecule has 4 aromatic rings. The molecule has 0 spiro atoms. The van der Waals surface area contributed by atoms with Gasteiger partial charge in [0.05, 0.1) is 0 Å². The maximum atomic E-state index is 6.21. The van der Waals surface area contributed by atoms with Crippen molar-refractivity contribution in [3.8, 4) is 0 Å². The van der Waals surface area contributed by atoms with Gasteiger partial charge in [0.15, 0.2) is 0 Å². The van der Waals surface area contributed by atoms with E-state index < -0.39 is 6.60 Å². The van der Waals surface area contributed by atoms with Crippen LogP contribution in [0.5, 0.6) is 0 Å². The predicted molar refractivity (Wildman–Crippen MR) is 124 cm³/mol. The molecule has 28 heavy (non-hydrogen) atoms. The molecule has 142 valence electrons. The molecule has 0 saturated heterocycles. The van der Waals surface area contributed by atoms with Gasteiger partial charge in [-0.3, -0.25) is 0 Å². The van der Waals surface area contributed by atoms with Crippen molar-refractivity contribution in [1.82, 2.24) is 0 Å². The van der Waals surface area contributed by atoms with Gasteiger partial charge in [0.1, 0.15) is 0 Å². The van der Waals surface area contributed by atoms with Crippen LogP contribution in [0.1, 0.15) is 17.1 Å². The number of rotatable bonds is 4. The predicted octanol–water partition coefficient (Wildman–Crippen LogP) is 4.99. The summed E-state index contributed by atoms with van der Waals surface area (Å²) in [6.07, 6.45) is 0. The van der Waals surface area contributed by atoms with Gasteiger partial charge in [-0.1, -0.05) is 0 Å². The van der Waals surface area contributed by atoms with Crippen LogP contribution in [-0.4, -0.2) is 6.66 Å². The summed E-state index contributed by atoms with van der Waals surface area (Å²) < 4.78 is 6.21. The quantitative estimate of drug-likeness (QED) is 0.451. The van der Waals surface area contributed by atoms with Crippen molar-refractivity contribution in [1.29, 1.82) is 0 Å². The minimum absolute atomic E-state index is 1.01. The van der Waals surface area contributed by atoms with Crippen LogP contribution < -0.4 is 21.2 Å². The van der Waals surface area contributed by atoms with Gasteiger partial charge >= 0.3 is 168 Å². The Morgan fingerprint density at radius 1 is 0.536 bits per heavy atom. The van der Waals surface area contributed by atoms with Crippen molar-refractivity contribution in [3.63, 3.8) is 0 Å². The van der Waals surface area contributed by atoms with Crippen LogP contribution in [-0.2, 0) is 0 Å². The van der Waals surface area contributed by atoms with Gasteiger partial charge in [-0.15, -0.1) is 0 Å². The third-order valence-electron chi connectivity index (χ3n) is 6.29. The molecular formula is C26H27OP. The van der Waals surface area contributed by atoms with Gasteiger partial charge in [0.2, 0.25) is 0 Å². The normalized spacial score (nSPS) is 13.1. The standard InChI is InChI=1S/C26H27OP/c1-20-21(2)27-22(3)26(20)28(4,23-14-8-5-9-15-23,24-16-10-6-11-17-24)25-18-12-7-13-19-25/h5-19H,1-4H3. The molecule has 3 aromatic carbocycles. The Bertz CT molecular complexity index is 996. The van der Waals surface area contributed by atoms with Gasteiger partial charge in [-0.2, -0.15) is 0 Å². The van der Waals surface area contributed by atoms with E-state index in [1.54, 1.807) is 0 Å². The fourth-order valence-corrected chi connectivity index (χ4v) is 11.1. The topological polar surface area (TPSA) is 13.1 Å². The van der Waals surface area contributed by atoms with Gasteiger partial charge in [0, 0.05) is 0 Å². The molecule has 0 N–H and O–H groups in total. The first kappa shape index (κ1) is 18.7. The summed E-state index contributed by atoms with van der Waals surface area (Å²) in [7, 11) is 0. The van der Waals surface area contributed by atoms with E-state index in [1.165, 1.54) is 26.8 Å². The second-order valence-corrected chi connectivity index (χ2v) is 12.9. The first-order valence-corrected chi connectivity index (χ1v) is 12.4. The van der Waals surface area contributed by atoms with Crippen LogP contribution in [0.2, 0.25) is 0 Å². The second-order valence-electron chi connectivity index (χ2n) is 7.76. The van der Waals surface area contributed by atoms with Crippen LogP contribution in [0.3, 0.4) is 0 Å². The molecule has 1 heterocycles. The number of furan rings is 1. The van der Waals surface area contributed by atoms with Crippen molar-refractivity contribution in [2.45, 2.75) is 20.8 Å². The summed E-state index contributed by atoms with van der Waals surface area (Å²) in [4.78, 5) is 0. The molecular weight excluding hydrogens is 359 g/mol. The second kappa shape index (κ2) is 6.76. The summed E-state index contributed by atoms with van der Waals surface area (Å²) in [6, 6.07) is 33.0. The van der Waals surface area contributed by atoms with Crippen molar-refractivity contribution < 1.29 is 4.42 Å². The first-order chi connectivity index (χ1) is 13.5. The van der Waals surface area contributed by atoms with Gasteiger partial charge in [0.25, 0.3) is 0 Å². The molecule has 0 aliphatic heterocycles. The van der Waals surface area contributed by atoms with Crippen LogP contribution in [0.25, 0.3) is 0 Å². The molecule has 0 fully saturated rings. The molecule has 0 bridgehead atoms. The van der Waals surface area contributed by atoms with Crippen molar-refractivity contribution >= 4 is 27.8 Å². The molecule has 1 nitrogen and oxygen atoms in total. The monoisotopic (exact) mass is 386 g/mol. The van der Waals surface area contributed by atoms with Crippen LogP contribution in [0.4, 0.5) is 0 Å². The van der Waals surface area contributed by atoms with E-state index in [1.807, 2.05) is 0 Å². The van der Waals surface area contributed by atoms with E-state index in [0.717, 1.165) is 11.5 Å². The van der Waals surface area contributed by atoms with Crippen LogP contribution >= 0.6 is 6.60 Å². The van der Waals surface area contributed by atoms with Crippen molar-refractivity contribution in [3.05, 3.63) is 108 Å². The molecule has 0 radical (unpaired) electrons. The van der Waals surface area contributed by atoms with E-state index in [-0.39, 0.29) is 0 Å². The fourth-order valence-electron chi connectivity index (χ4n) is 4.83. The Morgan fingerprint density at radius 2 is 0.893 bits per heavy atom. The SMILES string of the molecule is Cc1oc(C)c(P(C)(c2ccccc2)(c2ccccc2)c2ccccc2)c1C. The number of aryl methyl sites for hydroxylation is 2. The van der Waals surface area contributed by atoms with Gasteiger partial charge in [-0.25, -0.2) is 0 Å². The molecule has 0 amide bonds. The van der Waals surface area contributed by atoms with Crippen molar-refractivity contribution in [2.75, 3.05) is 6.66 Å². The van der Waals surface area contributed by atoms with E-state index in [4.69, 9.17) is 4.42 Å². The maximum absolute atomic E-state index is 6.21. The Kier molecular flexibility index (Phi) is 4.52. The summed E-state index contributed by atoms with van der Waals surface area (Å²) in [5.74, 6) is 2.03. The Balaban J connectivity index is 2.30. The summed E-state index contributed by atoms with van der Waals surface area (Å²) >= 11 is 0. The molecule has 0 aliphatic carbocycles. The molecule has 0 unspecified atom stereocenters. The zero-order valence-corrected chi connectivity index (χ0v) is 17.9. The molecule has 4 rings (SSSR count). The van der Waals surface area contributed by atoms with E-state index in [0.29, 0.717) is 0 Å². The van der Waals surface area contributed by atoms with Crippen LogP contribution in [0, 0.1) is 20.8 Å². The summed E-state index contributed by atoms with van der Waals surface area (Å²) in [6.45, 7) is 5.90. The number of hydrogen-bond donors (Lipinski definition) is 0.